The number of aromatic amines is 1. The summed E-state index contributed by atoms with van der Waals surface area (Å²) < 4.78 is 0. The Labute approximate surface area is 651 Å². The van der Waals surface area contributed by atoms with Crippen LogP contribution in [-0.4, -0.2) is 169 Å². The van der Waals surface area contributed by atoms with Gasteiger partial charge in [-0.2, -0.15) is 24.4 Å². The summed E-state index contributed by atoms with van der Waals surface area (Å²) in [5, 5.41) is 46.6. The summed E-state index contributed by atoms with van der Waals surface area (Å²) in [5.74, 6) is -17.6. The predicted octanol–water partition coefficient (Wildman–Crippen LogP) is 6.57. The number of hydrogen-bond acceptors (Lipinski definition) is 18. The molecule has 29 heteroatoms. The van der Waals surface area contributed by atoms with Crippen LogP contribution in [0.3, 0.4) is 0 Å². The number of unbranched alkanes of at least 4 members (excludes halogenated alkanes) is 1. The first-order chi connectivity index (χ1) is 52.5. The van der Waals surface area contributed by atoms with E-state index in [1.165, 1.54) is 11.8 Å². The smallest absolute Gasteiger partial charge is 0.326 e. The van der Waals surface area contributed by atoms with Crippen molar-refractivity contribution in [2.45, 2.75) is 192 Å². The number of amides is 7. The van der Waals surface area contributed by atoms with Gasteiger partial charge in [0.1, 0.15) is 6.04 Å². The molecule has 1 heterocycles. The third-order valence-corrected chi connectivity index (χ3v) is 20.3. The summed E-state index contributed by atoms with van der Waals surface area (Å²) in [6.07, 6.45) is -0.790. The fourth-order valence-corrected chi connectivity index (χ4v) is 13.7. The molecule has 0 aliphatic heterocycles. The number of carboxylic acid groups (broad SMARTS) is 3. The number of aliphatic carboxylic acids is 3. The molecule has 0 bridgehead atoms. The quantitative estimate of drug-likeness (QED) is 0.0144. The van der Waals surface area contributed by atoms with Gasteiger partial charge >= 0.3 is 17.9 Å². The van der Waals surface area contributed by atoms with Gasteiger partial charge in [0.2, 0.25) is 41.4 Å². The zero-order valence-electron chi connectivity index (χ0n) is 62.9. The average Bonchev–Trinajstić information content (AvgIpc) is 1.68. The minimum atomic E-state index is -1.55. The first-order valence-electron chi connectivity index (χ1n) is 37.3. The van der Waals surface area contributed by atoms with Crippen molar-refractivity contribution in [1.82, 2.24) is 36.9 Å². The predicted molar refractivity (Wildman–Crippen MR) is 419 cm³/mol. The number of nitrogens with two attached hydrogens (primary N) is 2. The van der Waals surface area contributed by atoms with E-state index >= 15 is 0 Å². The lowest BCUT2D eigenvalue weighted by Crippen LogP contribution is -2.50. The molecule has 596 valence electrons. The molecule has 0 spiro atoms. The highest BCUT2D eigenvalue weighted by Crippen LogP contribution is 2.26. The molecule has 1 aromatic heterocycles. The highest BCUT2D eigenvalue weighted by Gasteiger charge is 2.38. The van der Waals surface area contributed by atoms with Crippen LogP contribution in [0.2, 0.25) is 0 Å². The van der Waals surface area contributed by atoms with Crippen molar-refractivity contribution in [3.8, 4) is 0 Å². The van der Waals surface area contributed by atoms with Gasteiger partial charge in [-0.15, -0.1) is 0 Å². The minimum absolute atomic E-state index is 0.0102. The number of primary amides is 1. The van der Waals surface area contributed by atoms with Gasteiger partial charge < -0.3 is 63.7 Å². The third kappa shape index (κ3) is 32.4. The summed E-state index contributed by atoms with van der Waals surface area (Å²) in [4.78, 5) is 209. The van der Waals surface area contributed by atoms with Crippen LogP contribution >= 0.6 is 24.4 Å². The molecular formula is C81H107N9O18S2. The maximum Gasteiger partial charge on any atom is 0.326 e. The van der Waals surface area contributed by atoms with Crippen LogP contribution in [0.25, 0.3) is 10.9 Å². The van der Waals surface area contributed by atoms with Crippen LogP contribution in [0, 0.1) is 35.5 Å². The second kappa shape index (κ2) is 47.9. The molecule has 5 rings (SSSR count). The molecule has 110 heavy (non-hydrogen) atoms. The minimum Gasteiger partial charge on any atom is -0.481 e. The average molecular weight is 1560 g/mol. The van der Waals surface area contributed by atoms with Crippen LogP contribution < -0.4 is 43.4 Å². The molecule has 7 amide bonds. The number of Topliss-reactive ketones (excluding diaryl/α,β-unsaturated/α-hetero) is 5. The molecule has 14 N–H and O–H groups in total. The number of nitrogens with one attached hydrogen (secondary N) is 7. The zero-order valence-corrected chi connectivity index (χ0v) is 64.6. The SMILES string of the molecule is CSCC[C@H](NC(=O)[C@@H](C)CCC(N)=O)C(=O)C[C@@H](Cc1ccccc1)C(=O)N[C@@H](Cc1ccccc1)C(=O)C[C@@H](CS)C(=O)N[C@@H](Cc1ccccc1)C(=O)C[C@@H](CCCCN)C(=O)N[C@@H](CCC(=O)O)C(=O)C[C@@H](CC(C)C)C(=O)N[C@@H](CCC(=O)O)C(=O)CCC(=O)N[C@@H](Cc1c[nH]c2ccccc12)C(=O)O. The number of carboxylic acids is 3. The normalized spacial score (nSPS) is 14.3. The molecule has 0 fully saturated rings. The topological polar surface area (TPSA) is 457 Å². The number of para-hydroxylation sites is 1. The lowest BCUT2D eigenvalue weighted by Gasteiger charge is -2.27. The number of hydrogen-bond donors (Lipinski definition) is 13. The van der Waals surface area contributed by atoms with Crippen LogP contribution in [-0.2, 0) is 97.6 Å². The number of rotatable bonds is 55. The molecule has 0 saturated heterocycles. The number of carbonyl (C=O) groups is 15. The first kappa shape index (κ1) is 90.7. The molecule has 0 aliphatic carbocycles. The Hall–Kier alpha value is -9.87. The molecule has 0 unspecified atom stereocenters. The highest BCUT2D eigenvalue weighted by molar-refractivity contribution is 7.98. The maximum atomic E-state index is 15.0. The Morgan fingerprint density at radius 3 is 1.40 bits per heavy atom. The summed E-state index contributed by atoms with van der Waals surface area (Å²) in [6, 6.07) is 25.5. The number of thiol groups is 1. The van der Waals surface area contributed by atoms with Crippen LogP contribution in [0.4, 0.5) is 0 Å². The highest BCUT2D eigenvalue weighted by atomic mass is 32.2. The molecule has 0 aliphatic rings. The van der Waals surface area contributed by atoms with E-state index in [0.717, 1.165) is 10.9 Å². The van der Waals surface area contributed by atoms with Crippen molar-refractivity contribution in [3.63, 3.8) is 0 Å². The molecule has 0 radical (unpaired) electrons. The summed E-state index contributed by atoms with van der Waals surface area (Å²) in [6.45, 7) is 5.31. The van der Waals surface area contributed by atoms with Gasteiger partial charge in [0.15, 0.2) is 28.9 Å². The number of carbonyl (C=O) groups excluding carboxylic acids is 12. The van der Waals surface area contributed by atoms with Crippen LogP contribution in [0.15, 0.2) is 121 Å². The van der Waals surface area contributed by atoms with E-state index in [2.05, 4.69) is 49.5 Å². The lowest BCUT2D eigenvalue weighted by atomic mass is 9.87. The molecule has 11 atom stereocenters. The fourth-order valence-electron chi connectivity index (χ4n) is 12.9. The second-order valence-corrected chi connectivity index (χ2v) is 29.8. The van der Waals surface area contributed by atoms with Crippen molar-refractivity contribution in [2.75, 3.05) is 24.3 Å². The van der Waals surface area contributed by atoms with E-state index in [1.54, 1.807) is 142 Å². The number of benzene rings is 4. The van der Waals surface area contributed by atoms with Crippen LogP contribution in [0.5, 0.6) is 0 Å². The van der Waals surface area contributed by atoms with Gasteiger partial charge in [-0.1, -0.05) is 136 Å². The summed E-state index contributed by atoms with van der Waals surface area (Å²) in [5.41, 5.74) is 14.6. The van der Waals surface area contributed by atoms with E-state index in [1.807, 2.05) is 6.26 Å². The Morgan fingerprint density at radius 1 is 0.445 bits per heavy atom. The van der Waals surface area contributed by atoms with E-state index < -0.39 is 212 Å². The van der Waals surface area contributed by atoms with Gasteiger partial charge in [-0.25, -0.2) is 4.79 Å². The molecule has 0 saturated carbocycles. The number of thioether (sulfide) groups is 1. The van der Waals surface area contributed by atoms with Crippen molar-refractivity contribution in [2.24, 2.45) is 47.0 Å². The Kier molecular flexibility index (Phi) is 39.5. The lowest BCUT2D eigenvalue weighted by molar-refractivity contribution is -0.142. The van der Waals surface area contributed by atoms with E-state index in [4.69, 9.17) is 11.5 Å². The number of fused-ring (bicyclic) bond motifs is 1. The monoisotopic (exact) mass is 1560 g/mol. The van der Waals surface area contributed by atoms with Crippen molar-refractivity contribution in [3.05, 3.63) is 144 Å². The van der Waals surface area contributed by atoms with E-state index in [9.17, 15) is 87.2 Å². The Morgan fingerprint density at radius 2 is 0.891 bits per heavy atom. The molecule has 5 aromatic rings. The van der Waals surface area contributed by atoms with Gasteiger partial charge in [-0.3, -0.25) is 67.1 Å². The van der Waals surface area contributed by atoms with Crippen molar-refractivity contribution < 1.29 is 87.2 Å². The zero-order chi connectivity index (χ0) is 80.8. The van der Waals surface area contributed by atoms with Crippen molar-refractivity contribution in [1.29, 1.82) is 0 Å². The first-order valence-corrected chi connectivity index (χ1v) is 39.4. The maximum absolute atomic E-state index is 15.0. The summed E-state index contributed by atoms with van der Waals surface area (Å²) >= 11 is 5.98. The standard InChI is InChI=1S/C81H107N9O18S2/c1-49(2)38-55(78(104)87-61(28-33-74(98)99)67(91)30-32-73(97)85-66(81(107)108)42-57-47-84-60-26-15-14-25-59(57)60)44-68(92)62(29-34-75(100)101)88-77(103)54(24-16-17-36-82)43-70(94)64(40-52-20-10-6-11-21-52)90-80(106)58(48-109)46-71(95)65(41-53-22-12-7-13-23-53)89-79(105)56(39-51-18-8-5-9-19-51)45-69(93)63(35-37-110-4)86-76(102)50(3)27-31-72(83)96/h5-15,18-23,25-26,47,49-50,54-56,58,61-66,84,109H,16-17,24,27-46,48,82H2,1-4H3,(H2,83,96)(H,85,97)(H,86,102)(H,87,104)(H,88,103)(H,89,105)(H,90,106)(H,98,99)(H,100,101)(H,107,108)/t50-,54+,55+,56+,58-,61-,62-,63-,64-,65-,66-/m0/s1. The third-order valence-electron chi connectivity index (χ3n) is 19.2. The number of ketones is 5. The van der Waals surface area contributed by atoms with Gasteiger partial charge in [0.25, 0.3) is 0 Å². The Bertz CT molecular complexity index is 3920. The van der Waals surface area contributed by atoms with E-state index in [0.29, 0.717) is 40.8 Å². The fraction of sp³-hybridized carbons (Fsp3) is 0.494. The largest absolute Gasteiger partial charge is 0.481 e. The van der Waals surface area contributed by atoms with Crippen LogP contribution in [0.1, 0.15) is 152 Å². The molecule has 4 aromatic carbocycles. The summed E-state index contributed by atoms with van der Waals surface area (Å²) in [7, 11) is 0. The van der Waals surface area contributed by atoms with Crippen molar-refractivity contribution >= 4 is 123 Å². The Balaban J connectivity index is 1.36. The number of aromatic nitrogens is 1. The van der Waals surface area contributed by atoms with E-state index in [-0.39, 0.29) is 82.4 Å². The van der Waals surface area contributed by atoms with Gasteiger partial charge in [0, 0.05) is 111 Å². The van der Waals surface area contributed by atoms with Gasteiger partial charge in [0.05, 0.1) is 36.1 Å². The molecule has 27 nitrogen and oxygen atoms in total. The molecular weight excluding hydrogens is 1450 g/mol. The number of H-pyrrole nitrogens is 1. The van der Waals surface area contributed by atoms with Gasteiger partial charge in [-0.05, 0) is 117 Å². The second-order valence-electron chi connectivity index (χ2n) is 28.5.